The van der Waals surface area contributed by atoms with Crippen LogP contribution in [0, 0.1) is 0 Å². The third kappa shape index (κ3) is 7.37. The van der Waals surface area contributed by atoms with Crippen molar-refractivity contribution in [2.75, 3.05) is 10.6 Å². The number of para-hydroxylation sites is 2. The summed E-state index contributed by atoms with van der Waals surface area (Å²) in [5.41, 5.74) is 4.98. The summed E-state index contributed by atoms with van der Waals surface area (Å²) in [4.78, 5) is 37.3. The highest BCUT2D eigenvalue weighted by Crippen LogP contribution is 2.17. The smallest absolute Gasteiger partial charge is 0.329 e. The number of anilines is 2. The molecule has 0 radical (unpaired) electrons. The summed E-state index contributed by atoms with van der Waals surface area (Å²) in [6.07, 6.45) is 1.41. The van der Waals surface area contributed by atoms with Crippen molar-refractivity contribution in [3.8, 4) is 5.75 Å². The Morgan fingerprint density at radius 3 is 2.08 bits per heavy atom. The number of carbonyl (C=O) groups is 3. The van der Waals surface area contributed by atoms with Crippen molar-refractivity contribution in [1.82, 2.24) is 5.43 Å². The van der Waals surface area contributed by atoms with Crippen molar-refractivity contribution in [2.45, 2.75) is 6.61 Å². The Bertz CT molecular complexity index is 1390. The first kappa shape index (κ1) is 24.9. The molecule has 3 amide bonds. The van der Waals surface area contributed by atoms with E-state index in [1.165, 1.54) is 12.3 Å². The van der Waals surface area contributed by atoms with Crippen molar-refractivity contribution in [3.05, 3.63) is 126 Å². The number of carbonyl (C=O) groups excluding carboxylic acids is 3. The van der Waals surface area contributed by atoms with Crippen LogP contribution >= 0.6 is 0 Å². The molecule has 0 aromatic heterocycles. The first-order valence-corrected chi connectivity index (χ1v) is 11.4. The van der Waals surface area contributed by atoms with E-state index in [1.807, 2.05) is 36.4 Å². The van der Waals surface area contributed by atoms with Gasteiger partial charge in [-0.3, -0.25) is 14.4 Å². The number of hydrogen-bond donors (Lipinski definition) is 3. The van der Waals surface area contributed by atoms with E-state index in [4.69, 9.17) is 4.74 Å². The molecule has 0 aliphatic rings. The molecule has 4 rings (SSSR count). The maximum Gasteiger partial charge on any atom is 0.329 e. The van der Waals surface area contributed by atoms with Crippen LogP contribution < -0.4 is 20.8 Å². The van der Waals surface area contributed by atoms with E-state index in [0.29, 0.717) is 23.6 Å². The molecule has 0 atom stereocenters. The van der Waals surface area contributed by atoms with Gasteiger partial charge in [-0.15, -0.1) is 0 Å². The topological polar surface area (TPSA) is 109 Å². The first-order valence-electron chi connectivity index (χ1n) is 11.4. The lowest BCUT2D eigenvalue weighted by Gasteiger charge is -2.11. The summed E-state index contributed by atoms with van der Waals surface area (Å²) in [5, 5.41) is 9.04. The molecule has 184 valence electrons. The highest BCUT2D eigenvalue weighted by Gasteiger charge is 2.17. The summed E-state index contributed by atoms with van der Waals surface area (Å²) in [7, 11) is 0. The van der Waals surface area contributed by atoms with Crippen molar-refractivity contribution in [2.24, 2.45) is 5.10 Å². The van der Waals surface area contributed by atoms with Gasteiger partial charge >= 0.3 is 11.8 Å². The average Bonchev–Trinajstić information content (AvgIpc) is 2.94. The fraction of sp³-hybridized carbons (Fsp3) is 0.0345. The Morgan fingerprint density at radius 2 is 1.35 bits per heavy atom. The quantitative estimate of drug-likeness (QED) is 0.190. The second-order valence-electron chi connectivity index (χ2n) is 7.86. The molecular formula is C29H24N4O4. The SMILES string of the molecule is O=C(NN=Cc1ccc(OCc2ccccc2)cc1)C(=O)Nc1ccccc1C(=O)Nc1ccccc1. The van der Waals surface area contributed by atoms with E-state index in [1.54, 1.807) is 66.7 Å². The Balaban J connectivity index is 1.29. The number of amides is 3. The lowest BCUT2D eigenvalue weighted by atomic mass is 10.1. The van der Waals surface area contributed by atoms with E-state index >= 15 is 0 Å². The van der Waals surface area contributed by atoms with Crippen LogP contribution in [-0.2, 0) is 16.2 Å². The number of rotatable bonds is 8. The number of benzene rings is 4. The molecule has 4 aromatic rings. The highest BCUT2D eigenvalue weighted by molar-refractivity contribution is 6.40. The molecule has 8 nitrogen and oxygen atoms in total. The summed E-state index contributed by atoms with van der Waals surface area (Å²) in [6, 6.07) is 32.3. The third-order valence-electron chi connectivity index (χ3n) is 5.17. The van der Waals surface area contributed by atoms with Crippen molar-refractivity contribution in [3.63, 3.8) is 0 Å². The van der Waals surface area contributed by atoms with Crippen LogP contribution in [0.2, 0.25) is 0 Å². The van der Waals surface area contributed by atoms with Gasteiger partial charge in [-0.2, -0.15) is 5.10 Å². The minimum absolute atomic E-state index is 0.200. The molecule has 4 aromatic carbocycles. The monoisotopic (exact) mass is 492 g/mol. The largest absolute Gasteiger partial charge is 0.489 e. The molecular weight excluding hydrogens is 468 g/mol. The number of hydrogen-bond acceptors (Lipinski definition) is 5. The van der Waals surface area contributed by atoms with Gasteiger partial charge in [0.1, 0.15) is 12.4 Å². The predicted molar refractivity (Wildman–Crippen MR) is 142 cm³/mol. The molecule has 0 bridgehead atoms. The van der Waals surface area contributed by atoms with E-state index in [2.05, 4.69) is 21.2 Å². The van der Waals surface area contributed by atoms with Crippen molar-refractivity contribution in [1.29, 1.82) is 0 Å². The summed E-state index contributed by atoms with van der Waals surface area (Å²) < 4.78 is 5.74. The Labute approximate surface area is 214 Å². The number of hydrazone groups is 1. The molecule has 0 aliphatic carbocycles. The van der Waals surface area contributed by atoms with Crippen LogP contribution in [-0.4, -0.2) is 23.9 Å². The third-order valence-corrected chi connectivity index (χ3v) is 5.17. The van der Waals surface area contributed by atoms with Gasteiger partial charge in [0.15, 0.2) is 0 Å². The molecule has 0 spiro atoms. The normalized spacial score (nSPS) is 10.5. The van der Waals surface area contributed by atoms with Crippen LogP contribution in [0.1, 0.15) is 21.5 Å². The second-order valence-corrected chi connectivity index (χ2v) is 7.86. The van der Waals surface area contributed by atoms with Gasteiger partial charge in [-0.05, 0) is 59.7 Å². The fourth-order valence-electron chi connectivity index (χ4n) is 3.30. The van der Waals surface area contributed by atoms with E-state index < -0.39 is 17.7 Å². The Hall–Kier alpha value is -5.24. The standard InChI is InChI=1S/C29H24N4O4/c34-27(31-23-11-5-2-6-12-23)25-13-7-8-14-26(25)32-28(35)29(36)33-30-19-21-15-17-24(18-16-21)37-20-22-9-3-1-4-10-22/h1-19H,20H2,(H,31,34)(H,32,35)(H,33,36). The van der Waals surface area contributed by atoms with Gasteiger partial charge in [0.25, 0.3) is 5.91 Å². The van der Waals surface area contributed by atoms with Gasteiger partial charge in [-0.25, -0.2) is 5.43 Å². The zero-order valence-electron chi connectivity index (χ0n) is 19.8. The molecule has 0 unspecified atom stereocenters. The average molecular weight is 493 g/mol. The van der Waals surface area contributed by atoms with Crippen LogP contribution in [0.3, 0.4) is 0 Å². The molecule has 3 N–H and O–H groups in total. The highest BCUT2D eigenvalue weighted by atomic mass is 16.5. The number of nitrogens with one attached hydrogen (secondary N) is 3. The predicted octanol–water partition coefficient (Wildman–Crippen LogP) is 4.61. The summed E-state index contributed by atoms with van der Waals surface area (Å²) in [5.74, 6) is -1.66. The van der Waals surface area contributed by atoms with Gasteiger partial charge in [0.2, 0.25) is 0 Å². The molecule has 8 heteroatoms. The van der Waals surface area contributed by atoms with E-state index in [9.17, 15) is 14.4 Å². The zero-order valence-corrected chi connectivity index (χ0v) is 19.8. The maximum absolute atomic E-state index is 12.7. The minimum Gasteiger partial charge on any atom is -0.489 e. The zero-order chi connectivity index (χ0) is 25.9. The number of ether oxygens (including phenoxy) is 1. The van der Waals surface area contributed by atoms with Gasteiger partial charge in [0.05, 0.1) is 17.5 Å². The Kier molecular flexibility index (Phi) is 8.38. The fourth-order valence-corrected chi connectivity index (χ4v) is 3.30. The number of nitrogens with zero attached hydrogens (tertiary/aromatic N) is 1. The van der Waals surface area contributed by atoms with Crippen LogP contribution in [0.5, 0.6) is 5.75 Å². The minimum atomic E-state index is -0.975. The first-order chi connectivity index (χ1) is 18.1. The van der Waals surface area contributed by atoms with E-state index in [-0.39, 0.29) is 11.3 Å². The van der Waals surface area contributed by atoms with Crippen molar-refractivity contribution < 1.29 is 19.1 Å². The van der Waals surface area contributed by atoms with Crippen LogP contribution in [0.4, 0.5) is 11.4 Å². The van der Waals surface area contributed by atoms with Gasteiger partial charge in [0, 0.05) is 5.69 Å². The maximum atomic E-state index is 12.7. The van der Waals surface area contributed by atoms with Gasteiger partial charge in [-0.1, -0.05) is 60.7 Å². The molecule has 0 saturated carbocycles. The molecule has 0 heterocycles. The van der Waals surface area contributed by atoms with E-state index in [0.717, 1.165) is 5.56 Å². The van der Waals surface area contributed by atoms with Crippen LogP contribution in [0.25, 0.3) is 0 Å². The van der Waals surface area contributed by atoms with Crippen molar-refractivity contribution >= 4 is 35.3 Å². The lowest BCUT2D eigenvalue weighted by molar-refractivity contribution is -0.136. The van der Waals surface area contributed by atoms with Gasteiger partial charge < -0.3 is 15.4 Å². The molecule has 0 aliphatic heterocycles. The summed E-state index contributed by atoms with van der Waals surface area (Å²) >= 11 is 0. The Morgan fingerprint density at radius 1 is 0.703 bits per heavy atom. The van der Waals surface area contributed by atoms with Crippen LogP contribution in [0.15, 0.2) is 114 Å². The molecule has 37 heavy (non-hydrogen) atoms. The lowest BCUT2D eigenvalue weighted by Crippen LogP contribution is -2.33. The second kappa shape index (κ2) is 12.5. The molecule has 0 fully saturated rings. The molecule has 0 saturated heterocycles. The summed E-state index contributed by atoms with van der Waals surface area (Å²) in [6.45, 7) is 0.455.